The second-order valence-electron chi connectivity index (χ2n) is 14.9. The quantitative estimate of drug-likeness (QED) is 0.0545. The number of carbonyl (C=O) groups is 6. The van der Waals surface area contributed by atoms with E-state index in [1.54, 1.807) is 78.9 Å². The predicted molar refractivity (Wildman–Crippen MR) is 242 cm³/mol. The number of hydrogen-bond acceptors (Lipinski definition) is 17. The van der Waals surface area contributed by atoms with E-state index >= 15 is 0 Å². The molecule has 17 nitrogen and oxygen atoms in total. The third kappa shape index (κ3) is 7.94. The van der Waals surface area contributed by atoms with Crippen molar-refractivity contribution in [2.45, 2.75) is 4.90 Å². The minimum Gasteiger partial charge on any atom is -0.744 e. The summed E-state index contributed by atoms with van der Waals surface area (Å²) in [6, 6.07) is 30.7. The SMILES string of the molecule is Nc1c(S(=O)(=O)[O-])cc(Nc2ccccc2)c2c1C(=O)c1ccccc1C2=O.Nc1ccc(N)c2c1C(=O)c1ccccc1C2=O.Nc1ccc(O)c2c1C(=O)c1c(N)ccc(O)c1C2=O.[Na+]. The summed E-state index contributed by atoms with van der Waals surface area (Å²) < 4.78 is 35.2. The van der Waals surface area contributed by atoms with E-state index in [9.17, 15) is 52.0 Å². The molecule has 10 rings (SSSR count). The molecule has 0 aromatic heterocycles. The van der Waals surface area contributed by atoms with Gasteiger partial charge < -0.3 is 48.8 Å². The first-order valence-corrected chi connectivity index (χ1v) is 20.9. The molecule has 0 radical (unpaired) electrons. The number of benzene rings is 7. The van der Waals surface area contributed by atoms with Crippen LogP contribution < -0.4 is 63.5 Å². The Kier molecular flexibility index (Phi) is 12.4. The van der Waals surface area contributed by atoms with Crippen LogP contribution in [0.5, 0.6) is 11.5 Å². The first-order valence-electron chi connectivity index (χ1n) is 19.4. The van der Waals surface area contributed by atoms with Gasteiger partial charge in [-0.25, -0.2) is 8.42 Å². The zero-order valence-electron chi connectivity index (χ0n) is 34.9. The third-order valence-corrected chi connectivity index (χ3v) is 11.9. The van der Waals surface area contributed by atoms with Crippen LogP contribution in [-0.2, 0) is 10.1 Å². The molecule has 3 aliphatic rings. The van der Waals surface area contributed by atoms with Crippen molar-refractivity contribution in [3.63, 3.8) is 0 Å². The second kappa shape index (κ2) is 17.7. The normalized spacial score (nSPS) is 12.9. The maximum absolute atomic E-state index is 13.1. The van der Waals surface area contributed by atoms with E-state index in [-0.39, 0.29) is 137 Å². The van der Waals surface area contributed by atoms with Gasteiger partial charge >= 0.3 is 29.6 Å². The van der Waals surface area contributed by atoms with Crippen LogP contribution in [0.15, 0.2) is 126 Å². The fraction of sp³-hybridized carbons (Fsp3) is 0. The Morgan fingerprint density at radius 1 is 0.418 bits per heavy atom. The summed E-state index contributed by atoms with van der Waals surface area (Å²) in [5.41, 5.74) is 30.3. The van der Waals surface area contributed by atoms with Crippen LogP contribution in [0.2, 0.25) is 0 Å². The molecule has 328 valence electrons. The van der Waals surface area contributed by atoms with Crippen LogP contribution in [0.25, 0.3) is 0 Å². The van der Waals surface area contributed by atoms with Gasteiger partial charge in [0.25, 0.3) is 0 Å². The van der Waals surface area contributed by atoms with E-state index < -0.39 is 43.8 Å². The molecule has 0 heterocycles. The van der Waals surface area contributed by atoms with E-state index in [0.29, 0.717) is 16.8 Å². The molecule has 0 saturated carbocycles. The molecule has 0 spiro atoms. The van der Waals surface area contributed by atoms with E-state index in [1.807, 2.05) is 0 Å². The largest absolute Gasteiger partial charge is 1.00 e. The Bertz CT molecular complexity index is 3280. The van der Waals surface area contributed by atoms with Gasteiger partial charge in [0.05, 0.1) is 60.8 Å². The zero-order chi connectivity index (χ0) is 47.5. The maximum Gasteiger partial charge on any atom is 1.00 e. The van der Waals surface area contributed by atoms with E-state index in [1.165, 1.54) is 36.4 Å². The number of nitrogens with two attached hydrogens (primary N) is 5. The summed E-state index contributed by atoms with van der Waals surface area (Å²) in [4.78, 5) is 74.9. The van der Waals surface area contributed by atoms with Crippen molar-refractivity contribution in [3.8, 4) is 11.5 Å². The molecule has 19 heteroatoms. The van der Waals surface area contributed by atoms with E-state index in [0.717, 1.165) is 6.07 Å². The van der Waals surface area contributed by atoms with Crippen LogP contribution in [-0.4, -0.2) is 57.9 Å². The number of anilines is 7. The van der Waals surface area contributed by atoms with Gasteiger partial charge in [0.15, 0.2) is 28.9 Å². The van der Waals surface area contributed by atoms with Crippen molar-refractivity contribution in [3.05, 3.63) is 188 Å². The molecule has 0 bridgehead atoms. The standard InChI is InChI=1S/C20H14N2O5S.C14H10N2O4.C14H10N2O2.Na/c21-18-15(28(25,26)27)10-14(22-11-6-2-1-3-7-11)16-17(18)20(24)13-9-5-4-8-12(13)19(16)23;15-5-1-3-7(17)11-9(5)13(19)10-6(16)2-4-8(18)12(10)14(11)20;15-9-5-6-10(16)12-11(9)13(17)7-3-1-2-4-8(7)14(12)18;/h1-10,22H,21H2,(H,25,26,27);1-4,17-18H,15-16H2;1-6H,15-16H2;/q;;;+1/p-1. The average molecular weight is 925 g/mol. The molecule has 7 aromatic carbocycles. The van der Waals surface area contributed by atoms with Crippen molar-refractivity contribution in [2.24, 2.45) is 0 Å². The Morgan fingerprint density at radius 2 is 0.746 bits per heavy atom. The molecule has 0 unspecified atom stereocenters. The minimum absolute atomic E-state index is 0. The van der Waals surface area contributed by atoms with Crippen LogP contribution in [0, 0.1) is 0 Å². The summed E-state index contributed by atoms with van der Waals surface area (Å²) in [6.45, 7) is 0. The van der Waals surface area contributed by atoms with Gasteiger partial charge in [-0.05, 0) is 54.6 Å². The van der Waals surface area contributed by atoms with Gasteiger partial charge in [0.2, 0.25) is 5.78 Å². The molecule has 7 aromatic rings. The van der Waals surface area contributed by atoms with Gasteiger partial charge in [-0.15, -0.1) is 0 Å². The predicted octanol–water partition coefficient (Wildman–Crippen LogP) is 2.36. The molecule has 0 fully saturated rings. The first kappa shape index (κ1) is 46.9. The minimum atomic E-state index is -4.98. The van der Waals surface area contributed by atoms with Crippen LogP contribution in [0.3, 0.4) is 0 Å². The Hall–Kier alpha value is -8.13. The zero-order valence-corrected chi connectivity index (χ0v) is 37.7. The van der Waals surface area contributed by atoms with Crippen LogP contribution in [0.4, 0.5) is 39.8 Å². The molecule has 0 atom stereocenters. The number of nitrogens with one attached hydrogen (secondary N) is 1. The molecule has 0 amide bonds. The number of para-hydroxylation sites is 1. The summed E-state index contributed by atoms with van der Waals surface area (Å²) >= 11 is 0. The van der Waals surface area contributed by atoms with Crippen molar-refractivity contribution in [1.29, 1.82) is 0 Å². The van der Waals surface area contributed by atoms with Crippen molar-refractivity contribution >= 4 is 84.6 Å². The molecule has 67 heavy (non-hydrogen) atoms. The number of hydrogen-bond donors (Lipinski definition) is 8. The Balaban J connectivity index is 0.000000152. The molecule has 13 N–H and O–H groups in total. The van der Waals surface area contributed by atoms with Gasteiger partial charge in [0, 0.05) is 50.7 Å². The molecular formula is C48H33N6NaO11S. The fourth-order valence-corrected chi connectivity index (χ4v) is 8.60. The number of carbonyl (C=O) groups excluding carboxylic acids is 6. The number of aromatic hydroxyl groups is 2. The summed E-state index contributed by atoms with van der Waals surface area (Å²) in [5, 5.41) is 22.5. The van der Waals surface area contributed by atoms with Crippen LogP contribution in [0.1, 0.15) is 95.5 Å². The van der Waals surface area contributed by atoms with Gasteiger partial charge in [-0.3, -0.25) is 28.8 Å². The number of phenolic OH excluding ortho intramolecular Hbond substituents is 2. The van der Waals surface area contributed by atoms with Gasteiger partial charge in [-0.1, -0.05) is 66.7 Å². The van der Waals surface area contributed by atoms with Crippen LogP contribution >= 0.6 is 0 Å². The van der Waals surface area contributed by atoms with E-state index in [4.69, 9.17) is 28.7 Å². The first-order chi connectivity index (χ1) is 31.3. The topological polar surface area (TPSA) is 342 Å². The van der Waals surface area contributed by atoms with Gasteiger partial charge in [0.1, 0.15) is 21.6 Å². The second-order valence-corrected chi connectivity index (χ2v) is 16.3. The number of ketones is 6. The Morgan fingerprint density at radius 3 is 1.15 bits per heavy atom. The van der Waals surface area contributed by atoms with E-state index in [2.05, 4.69) is 5.32 Å². The van der Waals surface area contributed by atoms with Crippen molar-refractivity contribution in [2.75, 3.05) is 34.0 Å². The average Bonchev–Trinajstić information content (AvgIpc) is 3.29. The molecular weight excluding hydrogens is 892 g/mol. The number of nitrogen functional groups attached to an aromatic ring is 5. The molecule has 0 saturated heterocycles. The summed E-state index contributed by atoms with van der Waals surface area (Å²) in [6.07, 6.45) is 0. The summed E-state index contributed by atoms with van der Waals surface area (Å²) in [7, 11) is -4.98. The third-order valence-electron chi connectivity index (χ3n) is 11.0. The maximum atomic E-state index is 13.1. The summed E-state index contributed by atoms with van der Waals surface area (Å²) in [5.74, 6) is -3.56. The smallest absolute Gasteiger partial charge is 0.744 e. The molecule has 0 aliphatic heterocycles. The fourth-order valence-electron chi connectivity index (χ4n) is 7.96. The van der Waals surface area contributed by atoms with Crippen molar-refractivity contribution < 1.29 is 81.5 Å². The Labute approximate surface area is 402 Å². The number of fused-ring (bicyclic) bond motifs is 6. The van der Waals surface area contributed by atoms with Crippen molar-refractivity contribution in [1.82, 2.24) is 0 Å². The monoisotopic (exact) mass is 924 g/mol. The van der Waals surface area contributed by atoms with Gasteiger partial charge in [-0.2, -0.15) is 0 Å². The molecule has 3 aliphatic carbocycles. The number of phenols is 2. The number of rotatable bonds is 3.